The highest BCUT2D eigenvalue weighted by atomic mass is 19.4. The Morgan fingerprint density at radius 1 is 1.20 bits per heavy atom. The molecule has 1 fully saturated rings. The summed E-state index contributed by atoms with van der Waals surface area (Å²) >= 11 is 0. The second-order valence-corrected chi connectivity index (χ2v) is 8.18. The molecule has 3 N–H and O–H groups in total. The Balaban J connectivity index is 1.56. The molecule has 4 rings (SSSR count). The average Bonchev–Trinajstić information content (AvgIpc) is 3.24. The molecule has 0 spiro atoms. The monoisotopic (exact) mass is 492 g/mol. The molecule has 0 unspecified atom stereocenters. The Kier molecular flexibility index (Phi) is 6.87. The minimum atomic E-state index is -4.46. The first kappa shape index (κ1) is 24.4. The number of carbonyl (C=O) groups excluding carboxylic acids is 3. The maximum atomic E-state index is 13.3. The number of Topliss-reactive ketones (excluding diaryl/α,β-unsaturated/α-hetero) is 1. The molecule has 35 heavy (non-hydrogen) atoms. The number of carbonyl (C=O) groups is 3. The van der Waals surface area contributed by atoms with Gasteiger partial charge in [-0.15, -0.1) is 0 Å². The van der Waals surface area contributed by atoms with Crippen LogP contribution >= 0.6 is 0 Å². The van der Waals surface area contributed by atoms with Crippen molar-refractivity contribution in [1.29, 1.82) is 0 Å². The second-order valence-electron chi connectivity index (χ2n) is 8.18. The zero-order chi connectivity index (χ0) is 25.2. The molecule has 1 saturated heterocycles. The Morgan fingerprint density at radius 3 is 2.74 bits per heavy atom. The number of anilines is 3. The van der Waals surface area contributed by atoms with Crippen molar-refractivity contribution in [2.75, 3.05) is 41.4 Å². The number of hydrogen-bond acceptors (Lipinski definition) is 7. The number of nitrogens with zero attached hydrogens (tertiary/aromatic N) is 4. The van der Waals surface area contributed by atoms with Gasteiger partial charge in [-0.2, -0.15) is 13.2 Å². The fraction of sp³-hybridized carbons (Fsp3) is 0.409. The molecule has 2 aromatic heterocycles. The van der Waals surface area contributed by atoms with Crippen molar-refractivity contribution in [2.45, 2.75) is 31.5 Å². The minimum absolute atomic E-state index is 0.0707. The van der Waals surface area contributed by atoms with Gasteiger partial charge in [0.1, 0.15) is 11.5 Å². The molecule has 1 atom stereocenters. The predicted octanol–water partition coefficient (Wildman–Crippen LogP) is 2.35. The number of urea groups is 1. The number of alkyl halides is 3. The Bertz CT molecular complexity index is 1140. The van der Waals surface area contributed by atoms with Crippen LogP contribution in [0.5, 0.6) is 0 Å². The Hall–Kier alpha value is -3.74. The third-order valence-electron chi connectivity index (χ3n) is 5.75. The number of aliphatic hydroxyl groups excluding tert-OH is 1. The minimum Gasteiger partial charge on any atom is -0.395 e. The van der Waals surface area contributed by atoms with Gasteiger partial charge in [0.25, 0.3) is 5.91 Å². The number of hydrogen-bond donors (Lipinski definition) is 3. The third-order valence-corrected chi connectivity index (χ3v) is 5.75. The van der Waals surface area contributed by atoms with Crippen molar-refractivity contribution >= 4 is 35.0 Å². The molecular weight excluding hydrogens is 469 g/mol. The van der Waals surface area contributed by atoms with E-state index < -0.39 is 36.7 Å². The first-order chi connectivity index (χ1) is 16.7. The number of aromatic nitrogens is 2. The standard InChI is InChI=1S/C22H23F3N6O4/c23-22(24,25)6-3-17(33)15-1-2-16-19(28-15)31(14-5-9-30(16)12-14)21(35)29-18-11-13(4-7-26-18)20(34)27-8-10-32/h1-2,4,7,11,14,32H,3,5-6,8-10,12H2,(H,27,34)(H,26,29,35)/t14-/m0/s1. The molecule has 0 saturated carbocycles. The van der Waals surface area contributed by atoms with Gasteiger partial charge in [0.2, 0.25) is 0 Å². The lowest BCUT2D eigenvalue weighted by Gasteiger charge is -2.35. The summed E-state index contributed by atoms with van der Waals surface area (Å²) in [4.78, 5) is 49.5. The summed E-state index contributed by atoms with van der Waals surface area (Å²) in [6.07, 6.45) is -4.46. The van der Waals surface area contributed by atoms with Crippen LogP contribution in [0.25, 0.3) is 0 Å². The molecule has 0 aliphatic carbocycles. The fourth-order valence-corrected chi connectivity index (χ4v) is 4.09. The van der Waals surface area contributed by atoms with Crippen molar-refractivity contribution in [3.8, 4) is 0 Å². The van der Waals surface area contributed by atoms with Crippen LogP contribution in [0, 0.1) is 0 Å². The lowest BCUT2D eigenvalue weighted by atomic mass is 10.1. The van der Waals surface area contributed by atoms with Crippen molar-refractivity contribution in [2.24, 2.45) is 0 Å². The van der Waals surface area contributed by atoms with Gasteiger partial charge in [-0.25, -0.2) is 14.8 Å². The van der Waals surface area contributed by atoms with Crippen LogP contribution in [0.4, 0.5) is 35.3 Å². The molecule has 2 aliphatic rings. The maximum absolute atomic E-state index is 13.3. The van der Waals surface area contributed by atoms with Gasteiger partial charge in [0, 0.05) is 37.8 Å². The van der Waals surface area contributed by atoms with E-state index in [9.17, 15) is 27.6 Å². The van der Waals surface area contributed by atoms with Crippen LogP contribution in [0.2, 0.25) is 0 Å². The third kappa shape index (κ3) is 5.50. The van der Waals surface area contributed by atoms with Gasteiger partial charge in [0.05, 0.1) is 24.8 Å². The first-order valence-corrected chi connectivity index (χ1v) is 11.0. The topological polar surface area (TPSA) is 128 Å². The Labute approximate surface area is 198 Å². The molecule has 4 heterocycles. The van der Waals surface area contributed by atoms with E-state index in [1.807, 2.05) is 4.90 Å². The van der Waals surface area contributed by atoms with Crippen LogP contribution in [0.15, 0.2) is 30.5 Å². The number of nitrogens with one attached hydrogen (secondary N) is 2. The highest BCUT2D eigenvalue weighted by molar-refractivity contribution is 6.05. The van der Waals surface area contributed by atoms with Gasteiger partial charge in [-0.05, 0) is 30.7 Å². The van der Waals surface area contributed by atoms with Crippen molar-refractivity contribution in [3.63, 3.8) is 0 Å². The number of aliphatic hydroxyl groups is 1. The molecule has 0 aromatic carbocycles. The predicted molar refractivity (Wildman–Crippen MR) is 120 cm³/mol. The number of ketones is 1. The number of pyridine rings is 2. The summed E-state index contributed by atoms with van der Waals surface area (Å²) in [5.74, 6) is -0.922. The number of rotatable bonds is 7. The van der Waals surface area contributed by atoms with E-state index in [4.69, 9.17) is 5.11 Å². The summed E-state index contributed by atoms with van der Waals surface area (Å²) in [6, 6.07) is 4.95. The Morgan fingerprint density at radius 2 is 2.00 bits per heavy atom. The maximum Gasteiger partial charge on any atom is 0.389 e. The number of fused-ring (bicyclic) bond motifs is 4. The second kappa shape index (κ2) is 9.86. The summed E-state index contributed by atoms with van der Waals surface area (Å²) < 4.78 is 37.6. The zero-order valence-electron chi connectivity index (χ0n) is 18.5. The van der Waals surface area contributed by atoms with Crippen molar-refractivity contribution in [3.05, 3.63) is 41.7 Å². The highest BCUT2D eigenvalue weighted by Crippen LogP contribution is 2.39. The van der Waals surface area contributed by atoms with Gasteiger partial charge in [0.15, 0.2) is 11.6 Å². The van der Waals surface area contributed by atoms with Gasteiger partial charge < -0.3 is 15.3 Å². The molecule has 0 radical (unpaired) electrons. The van der Waals surface area contributed by atoms with E-state index in [-0.39, 0.29) is 42.1 Å². The van der Waals surface area contributed by atoms with E-state index in [1.165, 1.54) is 29.3 Å². The lowest BCUT2D eigenvalue weighted by molar-refractivity contribution is -0.133. The fourth-order valence-electron chi connectivity index (χ4n) is 4.09. The van der Waals surface area contributed by atoms with E-state index in [2.05, 4.69) is 20.6 Å². The molecule has 13 heteroatoms. The highest BCUT2D eigenvalue weighted by Gasteiger charge is 2.40. The van der Waals surface area contributed by atoms with E-state index >= 15 is 0 Å². The average molecular weight is 492 g/mol. The van der Waals surface area contributed by atoms with Crippen LogP contribution < -0.4 is 20.4 Å². The lowest BCUT2D eigenvalue weighted by Crippen LogP contribution is -2.48. The molecule has 10 nitrogen and oxygen atoms in total. The van der Waals surface area contributed by atoms with E-state index in [0.717, 1.165) is 0 Å². The molecule has 2 aromatic rings. The molecule has 2 bridgehead atoms. The molecule has 3 amide bonds. The summed E-state index contributed by atoms with van der Waals surface area (Å²) in [6.45, 7) is 1.05. The number of halogens is 3. The van der Waals surface area contributed by atoms with Crippen LogP contribution in [0.1, 0.15) is 40.1 Å². The summed E-state index contributed by atoms with van der Waals surface area (Å²) in [7, 11) is 0. The smallest absolute Gasteiger partial charge is 0.389 e. The van der Waals surface area contributed by atoms with Crippen molar-refractivity contribution in [1.82, 2.24) is 15.3 Å². The van der Waals surface area contributed by atoms with Gasteiger partial charge >= 0.3 is 12.2 Å². The van der Waals surface area contributed by atoms with Gasteiger partial charge in [-0.1, -0.05) is 0 Å². The number of amides is 3. The van der Waals surface area contributed by atoms with Crippen LogP contribution in [-0.4, -0.2) is 71.3 Å². The van der Waals surface area contributed by atoms with E-state index in [0.29, 0.717) is 25.2 Å². The summed E-state index contributed by atoms with van der Waals surface area (Å²) in [5.41, 5.74) is 0.686. The first-order valence-electron chi connectivity index (χ1n) is 11.0. The van der Waals surface area contributed by atoms with Crippen LogP contribution in [0.3, 0.4) is 0 Å². The SMILES string of the molecule is O=C(NCCO)c1ccnc(NC(=O)N2c3nc(C(=O)CCC(F)(F)F)ccc3N3CC[C@H]2C3)c1. The molecule has 186 valence electrons. The molecular formula is C22H23F3N6O4. The quantitative estimate of drug-likeness (QED) is 0.507. The zero-order valence-corrected chi connectivity index (χ0v) is 18.5. The van der Waals surface area contributed by atoms with Gasteiger partial charge in [-0.3, -0.25) is 19.8 Å². The van der Waals surface area contributed by atoms with Crippen LogP contribution in [-0.2, 0) is 0 Å². The summed E-state index contributed by atoms with van der Waals surface area (Å²) in [5, 5.41) is 14.0. The normalized spacial score (nSPS) is 16.6. The largest absolute Gasteiger partial charge is 0.395 e. The van der Waals surface area contributed by atoms with Crippen molar-refractivity contribution < 1.29 is 32.7 Å². The molecule has 2 aliphatic heterocycles. The van der Waals surface area contributed by atoms with E-state index in [1.54, 1.807) is 6.07 Å².